The van der Waals surface area contributed by atoms with E-state index in [4.69, 9.17) is 0 Å². The summed E-state index contributed by atoms with van der Waals surface area (Å²) < 4.78 is 43.5. The lowest BCUT2D eigenvalue weighted by atomic mass is 10.2. The molecule has 0 aliphatic rings. The molecule has 0 aromatic heterocycles. The number of esters is 1. The summed E-state index contributed by atoms with van der Waals surface area (Å²) in [5, 5.41) is 2.72. The molecule has 0 unspecified atom stereocenters. The number of aryl methyl sites for hydroxylation is 1. The molecule has 0 saturated heterocycles. The molecule has 0 radical (unpaired) electrons. The van der Waals surface area contributed by atoms with Crippen molar-refractivity contribution in [3.05, 3.63) is 71.0 Å². The molecule has 7 heteroatoms. The molecule has 24 heavy (non-hydrogen) atoms. The lowest BCUT2D eigenvalue weighted by Crippen LogP contribution is -2.17. The van der Waals surface area contributed by atoms with Crippen molar-refractivity contribution in [2.45, 2.75) is 11.8 Å². The molecular formula is C17H16FNO4S. The third-order valence-electron chi connectivity index (χ3n) is 3.22. The maximum atomic E-state index is 13.8. The van der Waals surface area contributed by atoms with Gasteiger partial charge in [-0.3, -0.25) is 0 Å². The van der Waals surface area contributed by atoms with E-state index < -0.39 is 31.4 Å². The predicted octanol–water partition coefficient (Wildman–Crippen LogP) is 3.03. The molecule has 0 fully saturated rings. The molecule has 1 N–H and O–H groups in total. The van der Waals surface area contributed by atoms with Crippen molar-refractivity contribution in [3.8, 4) is 0 Å². The smallest absolute Gasteiger partial charge is 0.351 e. The van der Waals surface area contributed by atoms with Gasteiger partial charge < -0.3 is 10.1 Å². The zero-order chi connectivity index (χ0) is 17.7. The first-order valence-electron chi connectivity index (χ1n) is 6.97. The Morgan fingerprint density at radius 2 is 1.75 bits per heavy atom. The Kier molecular flexibility index (Phi) is 5.35. The summed E-state index contributed by atoms with van der Waals surface area (Å²) in [4.78, 5) is 10.6. The first-order valence-corrected chi connectivity index (χ1v) is 8.46. The Bertz CT molecular complexity index is 874. The number of ether oxygens (including phenoxy) is 1. The monoisotopic (exact) mass is 349 g/mol. The molecule has 0 heterocycles. The van der Waals surface area contributed by atoms with Crippen molar-refractivity contribution in [1.82, 2.24) is 0 Å². The van der Waals surface area contributed by atoms with Gasteiger partial charge in [0.25, 0.3) is 0 Å². The third-order valence-corrected chi connectivity index (χ3v) is 5.00. The number of methoxy groups -OCH3 is 1. The van der Waals surface area contributed by atoms with Gasteiger partial charge in [-0.2, -0.15) is 0 Å². The first kappa shape index (κ1) is 17.7. The number of nitrogens with one attached hydrogen (secondary N) is 1. The van der Waals surface area contributed by atoms with Gasteiger partial charge in [-0.1, -0.05) is 29.8 Å². The Hall–Kier alpha value is -2.67. The van der Waals surface area contributed by atoms with Gasteiger partial charge in [0, 0.05) is 11.9 Å². The number of carbonyl (C=O) groups is 1. The van der Waals surface area contributed by atoms with Gasteiger partial charge in [0.05, 0.1) is 7.11 Å². The van der Waals surface area contributed by atoms with E-state index in [2.05, 4.69) is 10.1 Å². The van der Waals surface area contributed by atoms with Crippen LogP contribution in [0.4, 0.5) is 10.1 Å². The zero-order valence-corrected chi connectivity index (χ0v) is 13.9. The molecular weight excluding hydrogens is 333 g/mol. The van der Waals surface area contributed by atoms with Gasteiger partial charge in [-0.05, 0) is 31.2 Å². The van der Waals surface area contributed by atoms with Crippen LogP contribution in [0.25, 0.3) is 0 Å². The van der Waals surface area contributed by atoms with E-state index in [9.17, 15) is 17.6 Å². The van der Waals surface area contributed by atoms with Gasteiger partial charge in [0.1, 0.15) is 10.7 Å². The second-order valence-electron chi connectivity index (χ2n) is 4.94. The lowest BCUT2D eigenvalue weighted by Gasteiger charge is -2.09. The number of hydrogen-bond acceptors (Lipinski definition) is 5. The lowest BCUT2D eigenvalue weighted by molar-refractivity contribution is -0.135. The zero-order valence-electron chi connectivity index (χ0n) is 13.1. The van der Waals surface area contributed by atoms with E-state index in [0.29, 0.717) is 5.69 Å². The van der Waals surface area contributed by atoms with Crippen LogP contribution in [0.15, 0.2) is 64.5 Å². The molecule has 0 saturated carbocycles. The topological polar surface area (TPSA) is 72.5 Å². The normalized spacial score (nSPS) is 11.9. The average Bonchev–Trinajstić information content (AvgIpc) is 2.56. The second-order valence-corrected chi connectivity index (χ2v) is 6.83. The van der Waals surface area contributed by atoms with Crippen LogP contribution in [-0.2, 0) is 19.4 Å². The van der Waals surface area contributed by atoms with Gasteiger partial charge in [0.15, 0.2) is 4.91 Å². The highest BCUT2D eigenvalue weighted by Gasteiger charge is 2.30. The fourth-order valence-electron chi connectivity index (χ4n) is 1.93. The van der Waals surface area contributed by atoms with Crippen molar-refractivity contribution < 1.29 is 22.3 Å². The van der Waals surface area contributed by atoms with Crippen molar-refractivity contribution >= 4 is 21.5 Å². The maximum absolute atomic E-state index is 13.8. The number of sulfone groups is 1. The summed E-state index contributed by atoms with van der Waals surface area (Å²) in [5.41, 5.74) is 1.60. The van der Waals surface area contributed by atoms with Crippen molar-refractivity contribution in [2.75, 3.05) is 12.4 Å². The highest BCUT2D eigenvalue weighted by Crippen LogP contribution is 2.23. The second kappa shape index (κ2) is 7.27. The summed E-state index contributed by atoms with van der Waals surface area (Å²) in [6, 6.07) is 11.9. The third kappa shape index (κ3) is 3.80. The Morgan fingerprint density at radius 3 is 2.33 bits per heavy atom. The van der Waals surface area contributed by atoms with Crippen LogP contribution in [0.3, 0.4) is 0 Å². The molecule has 2 aromatic rings. The fourth-order valence-corrected chi connectivity index (χ4v) is 3.26. The number of anilines is 1. The van der Waals surface area contributed by atoms with Gasteiger partial charge in [-0.25, -0.2) is 17.6 Å². The van der Waals surface area contributed by atoms with Crippen LogP contribution in [0.5, 0.6) is 0 Å². The minimum Gasteiger partial charge on any atom is -0.465 e. The molecule has 0 aliphatic heterocycles. The van der Waals surface area contributed by atoms with Crippen molar-refractivity contribution in [1.29, 1.82) is 0 Å². The Morgan fingerprint density at radius 1 is 1.12 bits per heavy atom. The first-order chi connectivity index (χ1) is 11.4. The molecule has 0 bridgehead atoms. The summed E-state index contributed by atoms with van der Waals surface area (Å²) >= 11 is 0. The number of rotatable bonds is 5. The summed E-state index contributed by atoms with van der Waals surface area (Å²) in [6.07, 6.45) is 0.998. The molecule has 0 aliphatic carbocycles. The highest BCUT2D eigenvalue weighted by molar-refractivity contribution is 7.96. The van der Waals surface area contributed by atoms with Crippen LogP contribution < -0.4 is 5.32 Å². The largest absolute Gasteiger partial charge is 0.465 e. The molecule has 0 atom stereocenters. The van der Waals surface area contributed by atoms with E-state index in [0.717, 1.165) is 31.0 Å². The predicted molar refractivity (Wildman–Crippen MR) is 88.5 cm³/mol. The molecule has 2 aromatic carbocycles. The van der Waals surface area contributed by atoms with Gasteiger partial charge in [0.2, 0.25) is 9.84 Å². The van der Waals surface area contributed by atoms with E-state index in [-0.39, 0.29) is 0 Å². The van der Waals surface area contributed by atoms with E-state index >= 15 is 0 Å². The van der Waals surface area contributed by atoms with Crippen molar-refractivity contribution in [3.63, 3.8) is 0 Å². The van der Waals surface area contributed by atoms with Gasteiger partial charge in [-0.15, -0.1) is 0 Å². The standard InChI is InChI=1S/C17H16FNO4S/c1-12-7-9-13(10-8-12)19-11-16(17(20)23-2)24(21,22)15-6-4-3-5-14(15)18/h3-11,19H,1-2H3/b16-11+. The number of halogens is 1. The number of benzene rings is 2. The number of carbonyl (C=O) groups excluding carboxylic acids is 1. The van der Waals surface area contributed by atoms with E-state index in [1.54, 1.807) is 12.1 Å². The SMILES string of the molecule is COC(=O)/C(=C\Nc1ccc(C)cc1)S(=O)(=O)c1ccccc1F. The highest BCUT2D eigenvalue weighted by atomic mass is 32.2. The molecule has 2 rings (SSSR count). The van der Waals surface area contributed by atoms with E-state index in [1.165, 1.54) is 12.1 Å². The van der Waals surface area contributed by atoms with Crippen LogP contribution in [0.1, 0.15) is 5.56 Å². The quantitative estimate of drug-likeness (QED) is 0.663. The van der Waals surface area contributed by atoms with Crippen LogP contribution in [0, 0.1) is 12.7 Å². The molecule has 126 valence electrons. The molecule has 0 spiro atoms. The minimum atomic E-state index is -4.37. The number of hydrogen-bond donors (Lipinski definition) is 1. The van der Waals surface area contributed by atoms with Crippen LogP contribution >= 0.6 is 0 Å². The van der Waals surface area contributed by atoms with Crippen LogP contribution in [0.2, 0.25) is 0 Å². The van der Waals surface area contributed by atoms with Crippen molar-refractivity contribution in [2.24, 2.45) is 0 Å². The van der Waals surface area contributed by atoms with Crippen LogP contribution in [-0.4, -0.2) is 21.5 Å². The summed E-state index contributed by atoms with van der Waals surface area (Å²) in [5.74, 6) is -2.03. The molecule has 5 nitrogen and oxygen atoms in total. The Balaban J connectivity index is 2.45. The summed E-state index contributed by atoms with van der Waals surface area (Å²) in [6.45, 7) is 1.90. The Labute approximate surface area is 139 Å². The fraction of sp³-hybridized carbons (Fsp3) is 0.118. The maximum Gasteiger partial charge on any atom is 0.351 e. The minimum absolute atomic E-state index is 0.575. The molecule has 0 amide bonds. The average molecular weight is 349 g/mol. The van der Waals surface area contributed by atoms with Gasteiger partial charge >= 0.3 is 5.97 Å². The van der Waals surface area contributed by atoms with E-state index in [1.807, 2.05) is 19.1 Å². The summed E-state index contributed by atoms with van der Waals surface area (Å²) in [7, 11) is -3.32.